The molecule has 0 aliphatic rings. The molecule has 2 N–H and O–H groups in total. The maximum absolute atomic E-state index is 13.3. The van der Waals surface area contributed by atoms with Crippen molar-refractivity contribution in [2.75, 3.05) is 11.4 Å². The van der Waals surface area contributed by atoms with E-state index in [1.54, 1.807) is 49.4 Å². The Labute approximate surface area is 193 Å². The molecule has 0 saturated heterocycles. The number of carbonyl (C=O) groups is 2. The average Bonchev–Trinajstić information content (AvgIpc) is 3.34. The first-order chi connectivity index (χ1) is 15.8. The van der Waals surface area contributed by atoms with Crippen molar-refractivity contribution in [2.24, 2.45) is 0 Å². The van der Waals surface area contributed by atoms with E-state index in [4.69, 9.17) is 4.42 Å². The van der Waals surface area contributed by atoms with Crippen LogP contribution in [-0.2, 0) is 26.2 Å². The second kappa shape index (κ2) is 10.9. The quantitative estimate of drug-likeness (QED) is 0.475. The molecule has 3 rings (SSSR count). The van der Waals surface area contributed by atoms with Crippen LogP contribution in [0.3, 0.4) is 0 Å². The molecular formula is C24H27N3O5S. The van der Waals surface area contributed by atoms with Crippen molar-refractivity contribution in [2.45, 2.75) is 37.8 Å². The minimum absolute atomic E-state index is 0.0588. The molecule has 1 heterocycles. The van der Waals surface area contributed by atoms with E-state index in [0.717, 1.165) is 5.56 Å². The van der Waals surface area contributed by atoms with E-state index < -0.39 is 28.5 Å². The highest BCUT2D eigenvalue weighted by atomic mass is 32.2. The summed E-state index contributed by atoms with van der Waals surface area (Å²) in [6.07, 6.45) is 1.84. The molecule has 3 aromatic rings. The fraction of sp³-hybridized carbons (Fsp3) is 0.250. The van der Waals surface area contributed by atoms with E-state index in [1.807, 2.05) is 19.1 Å². The third-order valence-electron chi connectivity index (χ3n) is 5.13. The van der Waals surface area contributed by atoms with Crippen LogP contribution in [0.5, 0.6) is 0 Å². The van der Waals surface area contributed by atoms with E-state index in [0.29, 0.717) is 17.9 Å². The second-order valence-corrected chi connectivity index (χ2v) is 9.18. The molecular weight excluding hydrogens is 442 g/mol. The molecule has 33 heavy (non-hydrogen) atoms. The minimum atomic E-state index is -3.88. The summed E-state index contributed by atoms with van der Waals surface area (Å²) in [6, 6.07) is 17.6. The molecule has 0 fully saturated rings. The van der Waals surface area contributed by atoms with Crippen molar-refractivity contribution in [3.8, 4) is 0 Å². The molecule has 9 heteroatoms. The van der Waals surface area contributed by atoms with Gasteiger partial charge in [0.2, 0.25) is 21.8 Å². The lowest BCUT2D eigenvalue weighted by molar-refractivity contribution is -0.126. The summed E-state index contributed by atoms with van der Waals surface area (Å²) in [5.74, 6) is -0.317. The number of hydrogen-bond donors (Lipinski definition) is 2. The molecule has 2 aromatic carbocycles. The van der Waals surface area contributed by atoms with Gasteiger partial charge in [0.25, 0.3) is 0 Å². The van der Waals surface area contributed by atoms with Gasteiger partial charge in [-0.15, -0.1) is 0 Å². The predicted molar refractivity (Wildman–Crippen MR) is 125 cm³/mol. The molecule has 0 spiro atoms. The molecule has 0 aliphatic carbocycles. The Balaban J connectivity index is 1.83. The van der Waals surface area contributed by atoms with Gasteiger partial charge in [-0.25, -0.2) is 13.1 Å². The molecule has 8 nitrogen and oxygen atoms in total. The highest BCUT2D eigenvalue weighted by Gasteiger charge is 2.31. The van der Waals surface area contributed by atoms with Gasteiger partial charge in [-0.2, -0.15) is 0 Å². The van der Waals surface area contributed by atoms with Gasteiger partial charge in [-0.05, 0) is 49.2 Å². The third kappa shape index (κ3) is 6.09. The van der Waals surface area contributed by atoms with E-state index in [2.05, 4.69) is 10.0 Å². The molecule has 1 aromatic heterocycles. The summed E-state index contributed by atoms with van der Waals surface area (Å²) < 4.78 is 32.8. The van der Waals surface area contributed by atoms with Gasteiger partial charge < -0.3 is 9.73 Å². The first-order valence-electron chi connectivity index (χ1n) is 10.6. The molecule has 0 radical (unpaired) electrons. The maximum atomic E-state index is 13.3. The van der Waals surface area contributed by atoms with E-state index >= 15 is 0 Å². The molecule has 2 amide bonds. The number of aryl methyl sites for hydroxylation is 1. The van der Waals surface area contributed by atoms with Crippen LogP contribution in [-0.4, -0.2) is 32.8 Å². The Morgan fingerprint density at radius 2 is 1.70 bits per heavy atom. The zero-order valence-corrected chi connectivity index (χ0v) is 19.3. The Kier molecular flexibility index (Phi) is 8.02. The smallest absolute Gasteiger partial charge is 0.243 e. The number of amides is 2. The van der Waals surface area contributed by atoms with Gasteiger partial charge in [-0.3, -0.25) is 14.5 Å². The van der Waals surface area contributed by atoms with E-state index in [9.17, 15) is 18.0 Å². The van der Waals surface area contributed by atoms with Gasteiger partial charge in [0.1, 0.15) is 11.8 Å². The molecule has 0 unspecified atom stereocenters. The Morgan fingerprint density at radius 3 is 2.33 bits per heavy atom. The number of hydrogen-bond acceptors (Lipinski definition) is 5. The topological polar surface area (TPSA) is 109 Å². The number of sulfonamides is 1. The van der Waals surface area contributed by atoms with Gasteiger partial charge in [0.05, 0.1) is 24.2 Å². The number of nitrogens with one attached hydrogen (secondary N) is 2. The number of nitrogens with zero attached hydrogens (tertiary/aromatic N) is 1. The average molecular weight is 470 g/mol. The Morgan fingerprint density at radius 1 is 1.00 bits per heavy atom. The largest absolute Gasteiger partial charge is 0.467 e. The van der Waals surface area contributed by atoms with Crippen LogP contribution in [0.25, 0.3) is 0 Å². The monoisotopic (exact) mass is 469 g/mol. The van der Waals surface area contributed by atoms with Crippen LogP contribution < -0.4 is 14.9 Å². The van der Waals surface area contributed by atoms with Crippen molar-refractivity contribution in [1.29, 1.82) is 0 Å². The summed E-state index contributed by atoms with van der Waals surface area (Å²) in [4.78, 5) is 27.8. The number of anilines is 1. The van der Waals surface area contributed by atoms with Crippen molar-refractivity contribution in [3.63, 3.8) is 0 Å². The first kappa shape index (κ1) is 24.2. The molecule has 0 aliphatic heterocycles. The number of rotatable bonds is 10. The lowest BCUT2D eigenvalue weighted by Gasteiger charge is -2.31. The summed E-state index contributed by atoms with van der Waals surface area (Å²) in [5.41, 5.74) is 1.33. The molecule has 0 bridgehead atoms. The van der Waals surface area contributed by atoms with Gasteiger partial charge in [0.15, 0.2) is 0 Å². The van der Waals surface area contributed by atoms with Gasteiger partial charge in [0, 0.05) is 5.69 Å². The molecule has 0 saturated carbocycles. The molecule has 174 valence electrons. The number of para-hydroxylation sites is 1. The van der Waals surface area contributed by atoms with Crippen LogP contribution in [0.1, 0.15) is 24.7 Å². The van der Waals surface area contributed by atoms with E-state index in [1.165, 1.54) is 23.3 Å². The summed E-state index contributed by atoms with van der Waals surface area (Å²) in [5, 5.41) is 2.79. The predicted octanol–water partition coefficient (Wildman–Crippen LogP) is 2.99. The third-order valence-corrected chi connectivity index (χ3v) is 6.55. The standard InChI is InChI=1S/C24H27N3O5S/c1-3-21(24(29)25-16-19-11-9-15-32-19)27(22-14-8-7-10-18(22)2)23(28)17-26-33(30,31)20-12-5-4-6-13-20/h4-15,21,26H,3,16-17H2,1-2H3,(H,25,29)/t21-/m1/s1. The highest BCUT2D eigenvalue weighted by molar-refractivity contribution is 7.89. The molecule has 1 atom stereocenters. The number of benzene rings is 2. The van der Waals surface area contributed by atoms with Crippen molar-refractivity contribution in [1.82, 2.24) is 10.0 Å². The van der Waals surface area contributed by atoms with Gasteiger partial charge >= 0.3 is 0 Å². The number of furan rings is 1. The van der Waals surface area contributed by atoms with Crippen molar-refractivity contribution >= 4 is 27.5 Å². The fourth-order valence-corrected chi connectivity index (χ4v) is 4.42. The van der Waals surface area contributed by atoms with E-state index in [-0.39, 0.29) is 17.3 Å². The summed E-state index contributed by atoms with van der Waals surface area (Å²) in [6.45, 7) is 3.31. The van der Waals surface area contributed by atoms with Crippen molar-refractivity contribution in [3.05, 3.63) is 84.3 Å². The first-order valence-corrected chi connectivity index (χ1v) is 12.0. The maximum Gasteiger partial charge on any atom is 0.243 e. The Hall–Kier alpha value is -3.43. The minimum Gasteiger partial charge on any atom is -0.467 e. The summed E-state index contributed by atoms with van der Waals surface area (Å²) >= 11 is 0. The van der Waals surface area contributed by atoms with Crippen LogP contribution in [0.2, 0.25) is 0 Å². The Bertz CT molecular complexity index is 1180. The highest BCUT2D eigenvalue weighted by Crippen LogP contribution is 2.24. The lowest BCUT2D eigenvalue weighted by atomic mass is 10.1. The van der Waals surface area contributed by atoms with Gasteiger partial charge in [-0.1, -0.05) is 43.3 Å². The SMILES string of the molecule is CC[C@H](C(=O)NCc1ccco1)N(C(=O)CNS(=O)(=O)c1ccccc1)c1ccccc1C. The van der Waals surface area contributed by atoms with Crippen molar-refractivity contribution < 1.29 is 22.4 Å². The second-order valence-electron chi connectivity index (χ2n) is 7.41. The fourth-order valence-electron chi connectivity index (χ4n) is 3.43. The zero-order chi connectivity index (χ0) is 23.8. The van der Waals surface area contributed by atoms with Crippen LogP contribution in [0.4, 0.5) is 5.69 Å². The normalized spacial score (nSPS) is 12.2. The van der Waals surface area contributed by atoms with Crippen LogP contribution in [0.15, 0.2) is 82.3 Å². The number of carbonyl (C=O) groups excluding carboxylic acids is 2. The van der Waals surface area contributed by atoms with Crippen LogP contribution >= 0.6 is 0 Å². The lowest BCUT2D eigenvalue weighted by Crippen LogP contribution is -2.52. The zero-order valence-electron chi connectivity index (χ0n) is 18.5. The van der Waals surface area contributed by atoms with Crippen LogP contribution in [0, 0.1) is 6.92 Å². The summed E-state index contributed by atoms with van der Waals surface area (Å²) in [7, 11) is -3.88.